The molecule has 0 bridgehead atoms. The number of carboxylic acids is 1. The van der Waals surface area contributed by atoms with Crippen LogP contribution in [0.2, 0.25) is 0 Å². The van der Waals surface area contributed by atoms with Crippen LogP contribution in [0.25, 0.3) is 0 Å². The summed E-state index contributed by atoms with van der Waals surface area (Å²) in [7, 11) is 0. The number of hydrogen-bond donors (Lipinski definition) is 3. The van der Waals surface area contributed by atoms with Crippen LogP contribution < -0.4 is 0 Å². The Balaban J connectivity index is 3.10. The van der Waals surface area contributed by atoms with Gasteiger partial charge in [-0.15, -0.1) is 0 Å². The second-order valence-electron chi connectivity index (χ2n) is 3.32. The van der Waals surface area contributed by atoms with Crippen LogP contribution in [-0.2, 0) is 4.79 Å². The van der Waals surface area contributed by atoms with Crippen LogP contribution in [0.1, 0.15) is 19.8 Å². The maximum absolute atomic E-state index is 11.0. The second-order valence-corrected chi connectivity index (χ2v) is 3.32. The van der Waals surface area contributed by atoms with Gasteiger partial charge in [-0.05, 0) is 12.8 Å². The number of amides is 1. The number of rotatable bonds is 2. The van der Waals surface area contributed by atoms with E-state index in [0.29, 0.717) is 0 Å². The Hall–Kier alpha value is -1.30. The molecule has 1 rings (SSSR count). The van der Waals surface area contributed by atoms with Gasteiger partial charge in [-0.1, -0.05) is 6.92 Å². The van der Waals surface area contributed by atoms with Crippen LogP contribution in [0, 0.1) is 0 Å². The summed E-state index contributed by atoms with van der Waals surface area (Å²) < 4.78 is 0. The predicted octanol–water partition coefficient (Wildman–Crippen LogP) is -0.0356. The monoisotopic (exact) mass is 203 g/mol. The summed E-state index contributed by atoms with van der Waals surface area (Å²) in [4.78, 5) is 22.6. The highest BCUT2D eigenvalue weighted by Crippen LogP contribution is 2.33. The van der Waals surface area contributed by atoms with Gasteiger partial charge in [0, 0.05) is 6.54 Å². The quantitative estimate of drug-likeness (QED) is 0.585. The third kappa shape index (κ3) is 1.22. The Kier molecular flexibility index (Phi) is 2.66. The molecule has 0 aromatic rings. The van der Waals surface area contributed by atoms with Crippen molar-refractivity contribution in [2.45, 2.75) is 31.4 Å². The van der Waals surface area contributed by atoms with E-state index < -0.39 is 23.7 Å². The lowest BCUT2D eigenvalue weighted by molar-refractivity contribution is -0.154. The first kappa shape index (κ1) is 10.8. The molecule has 1 saturated heterocycles. The molecule has 1 heterocycles. The van der Waals surface area contributed by atoms with Crippen molar-refractivity contribution in [3.63, 3.8) is 0 Å². The molecule has 14 heavy (non-hydrogen) atoms. The third-order valence-electron chi connectivity index (χ3n) is 2.80. The van der Waals surface area contributed by atoms with Crippen molar-refractivity contribution < 1.29 is 24.9 Å². The lowest BCUT2D eigenvalue weighted by atomic mass is 9.90. The van der Waals surface area contributed by atoms with Crippen molar-refractivity contribution >= 4 is 12.1 Å². The third-order valence-corrected chi connectivity index (χ3v) is 2.80. The van der Waals surface area contributed by atoms with E-state index in [0.717, 1.165) is 4.90 Å². The van der Waals surface area contributed by atoms with Crippen molar-refractivity contribution in [2.24, 2.45) is 0 Å². The van der Waals surface area contributed by atoms with Crippen molar-refractivity contribution in [2.75, 3.05) is 6.54 Å². The molecule has 6 heteroatoms. The van der Waals surface area contributed by atoms with E-state index in [2.05, 4.69) is 0 Å². The molecule has 80 valence electrons. The van der Waals surface area contributed by atoms with E-state index in [4.69, 9.17) is 10.2 Å². The number of carbonyl (C=O) groups is 2. The second kappa shape index (κ2) is 3.45. The van der Waals surface area contributed by atoms with Gasteiger partial charge < -0.3 is 15.3 Å². The molecule has 6 nitrogen and oxygen atoms in total. The van der Waals surface area contributed by atoms with Crippen molar-refractivity contribution in [3.8, 4) is 0 Å². The van der Waals surface area contributed by atoms with E-state index >= 15 is 0 Å². The van der Waals surface area contributed by atoms with Crippen molar-refractivity contribution in [1.82, 2.24) is 4.90 Å². The van der Waals surface area contributed by atoms with E-state index in [9.17, 15) is 14.7 Å². The number of aliphatic carboxylic acids is 1. The van der Waals surface area contributed by atoms with Gasteiger partial charge in [0.15, 0.2) is 5.54 Å². The van der Waals surface area contributed by atoms with Crippen molar-refractivity contribution in [3.05, 3.63) is 0 Å². The van der Waals surface area contributed by atoms with Crippen LogP contribution >= 0.6 is 0 Å². The zero-order valence-electron chi connectivity index (χ0n) is 7.80. The van der Waals surface area contributed by atoms with Crippen LogP contribution in [0.4, 0.5) is 4.79 Å². The molecule has 0 aromatic heterocycles. The van der Waals surface area contributed by atoms with E-state index in [1.807, 2.05) is 0 Å². The molecule has 0 aliphatic carbocycles. The molecule has 0 saturated carbocycles. The minimum Gasteiger partial charge on any atom is -0.479 e. The van der Waals surface area contributed by atoms with Gasteiger partial charge in [0.25, 0.3) is 0 Å². The lowest BCUT2D eigenvalue weighted by Crippen LogP contribution is -2.57. The first-order chi connectivity index (χ1) is 6.46. The maximum atomic E-state index is 11.0. The van der Waals surface area contributed by atoms with Gasteiger partial charge in [-0.3, -0.25) is 4.90 Å². The number of carboxylic acid groups (broad SMARTS) is 2. The first-order valence-corrected chi connectivity index (χ1v) is 4.38. The highest BCUT2D eigenvalue weighted by atomic mass is 16.4. The zero-order chi connectivity index (χ0) is 10.9. The minimum atomic E-state index is -1.66. The van der Waals surface area contributed by atoms with Crippen LogP contribution in [0.3, 0.4) is 0 Å². The summed E-state index contributed by atoms with van der Waals surface area (Å²) in [5, 5.41) is 27.3. The summed E-state index contributed by atoms with van der Waals surface area (Å²) in [6.07, 6.45) is -2.19. The number of aliphatic hydroxyl groups excluding tert-OH is 1. The Morgan fingerprint density at radius 2 is 2.07 bits per heavy atom. The largest absolute Gasteiger partial charge is 0.479 e. The molecule has 1 fully saturated rings. The smallest absolute Gasteiger partial charge is 0.408 e. The lowest BCUT2D eigenvalue weighted by Gasteiger charge is -2.33. The molecular formula is C8H13NO5. The zero-order valence-corrected chi connectivity index (χ0v) is 7.80. The van der Waals surface area contributed by atoms with Gasteiger partial charge in [-0.25, -0.2) is 9.59 Å². The Morgan fingerprint density at radius 1 is 1.50 bits per heavy atom. The summed E-state index contributed by atoms with van der Waals surface area (Å²) >= 11 is 0. The number of aliphatic hydroxyl groups is 1. The highest BCUT2D eigenvalue weighted by molar-refractivity contribution is 5.85. The SMILES string of the molecule is CC[C@@]1(C(=O)O)[C@@H](O)CCN1C(=O)O. The predicted molar refractivity (Wildman–Crippen MR) is 46.0 cm³/mol. The van der Waals surface area contributed by atoms with Crippen LogP contribution in [0.5, 0.6) is 0 Å². The van der Waals surface area contributed by atoms with Gasteiger partial charge >= 0.3 is 12.1 Å². The average molecular weight is 203 g/mol. The molecule has 0 unspecified atom stereocenters. The fraction of sp³-hybridized carbons (Fsp3) is 0.750. The summed E-state index contributed by atoms with van der Waals surface area (Å²) in [5.74, 6) is -1.28. The van der Waals surface area contributed by atoms with E-state index in [1.54, 1.807) is 6.92 Å². The van der Waals surface area contributed by atoms with Crippen LogP contribution in [-0.4, -0.2) is 50.5 Å². The normalized spacial score (nSPS) is 31.9. The Bertz CT molecular complexity index is 266. The van der Waals surface area contributed by atoms with E-state index in [1.165, 1.54) is 0 Å². The average Bonchev–Trinajstić information content (AvgIpc) is 2.43. The standard InChI is InChI=1S/C8H13NO5/c1-2-8(6(11)12)5(10)3-4-9(8)7(13)14/h5,10H,2-4H2,1H3,(H,11,12)(H,13,14)/t5-,8-/m0/s1. The molecule has 1 aliphatic rings. The highest BCUT2D eigenvalue weighted by Gasteiger charge is 2.55. The molecule has 0 radical (unpaired) electrons. The molecule has 1 aliphatic heterocycles. The van der Waals surface area contributed by atoms with Gasteiger partial charge in [-0.2, -0.15) is 0 Å². The molecule has 3 N–H and O–H groups in total. The molecule has 1 amide bonds. The number of hydrogen-bond acceptors (Lipinski definition) is 3. The van der Waals surface area contributed by atoms with Gasteiger partial charge in [0.1, 0.15) is 0 Å². The number of likely N-dealkylation sites (tertiary alicyclic amines) is 1. The molecule has 0 spiro atoms. The fourth-order valence-corrected chi connectivity index (χ4v) is 1.97. The van der Waals surface area contributed by atoms with Gasteiger partial charge in [0.2, 0.25) is 0 Å². The Morgan fingerprint density at radius 3 is 2.36 bits per heavy atom. The summed E-state index contributed by atoms with van der Waals surface area (Å²) in [6.45, 7) is 1.62. The topological polar surface area (TPSA) is 98.1 Å². The molecule has 2 atom stereocenters. The van der Waals surface area contributed by atoms with Gasteiger partial charge in [0.05, 0.1) is 6.10 Å². The molecular weight excluding hydrogens is 190 g/mol. The summed E-state index contributed by atoms with van der Waals surface area (Å²) in [6, 6.07) is 0. The number of nitrogens with zero attached hydrogens (tertiary/aromatic N) is 1. The minimum absolute atomic E-state index is 0.0653. The fourth-order valence-electron chi connectivity index (χ4n) is 1.97. The van der Waals surface area contributed by atoms with Crippen molar-refractivity contribution in [1.29, 1.82) is 0 Å². The first-order valence-electron chi connectivity index (χ1n) is 4.38. The maximum Gasteiger partial charge on any atom is 0.408 e. The summed E-state index contributed by atoms with van der Waals surface area (Å²) in [5.41, 5.74) is -1.66. The molecule has 0 aromatic carbocycles. The Labute approximate surface area is 80.8 Å². The van der Waals surface area contributed by atoms with E-state index in [-0.39, 0.29) is 19.4 Å². The van der Waals surface area contributed by atoms with Crippen LogP contribution in [0.15, 0.2) is 0 Å².